The summed E-state index contributed by atoms with van der Waals surface area (Å²) >= 11 is 0. The fraction of sp³-hybridized carbons (Fsp3) is 0.188. The minimum atomic E-state index is 0.502. The Hall–Kier alpha value is -2.49. The number of benzene rings is 2. The first-order chi connectivity index (χ1) is 9.72. The Morgan fingerprint density at radius 2 is 2.00 bits per heavy atom. The lowest BCUT2D eigenvalue weighted by Crippen LogP contribution is -1.99. The van der Waals surface area contributed by atoms with Crippen LogP contribution in [0.5, 0.6) is 11.5 Å². The molecule has 0 aliphatic rings. The van der Waals surface area contributed by atoms with Crippen molar-refractivity contribution in [1.82, 2.24) is 0 Å². The van der Waals surface area contributed by atoms with Crippen LogP contribution < -0.4 is 15.3 Å². The summed E-state index contributed by atoms with van der Waals surface area (Å²) in [6.45, 7) is 2.56. The average molecular weight is 270 g/mol. The van der Waals surface area contributed by atoms with E-state index in [1.807, 2.05) is 30.3 Å². The molecule has 2 N–H and O–H groups in total. The van der Waals surface area contributed by atoms with Crippen LogP contribution in [0, 0.1) is 6.92 Å². The molecule has 2 rings (SSSR count). The Morgan fingerprint density at radius 3 is 2.70 bits per heavy atom. The predicted octanol–water partition coefficient (Wildman–Crippen LogP) is 2.88. The highest BCUT2D eigenvalue weighted by molar-refractivity contribution is 5.80. The third kappa shape index (κ3) is 3.51. The van der Waals surface area contributed by atoms with Crippen LogP contribution >= 0.6 is 0 Å². The molecule has 0 unspecified atom stereocenters. The van der Waals surface area contributed by atoms with Gasteiger partial charge in [-0.05, 0) is 36.2 Å². The van der Waals surface area contributed by atoms with E-state index >= 15 is 0 Å². The number of hydrogen-bond acceptors (Lipinski definition) is 4. The Labute approximate surface area is 118 Å². The minimum Gasteiger partial charge on any atom is -0.493 e. The van der Waals surface area contributed by atoms with Crippen LogP contribution in [-0.4, -0.2) is 13.3 Å². The number of aryl methyl sites for hydroxylation is 1. The van der Waals surface area contributed by atoms with Gasteiger partial charge in [0.25, 0.3) is 0 Å². The van der Waals surface area contributed by atoms with E-state index in [0.717, 1.165) is 11.1 Å². The molecule has 0 fully saturated rings. The smallest absolute Gasteiger partial charge is 0.161 e. The standard InChI is InChI=1S/C16H18N2O2/c1-12-4-3-5-14(8-12)11-20-15-7-6-13(10-18-17)9-16(15)19-2/h3-10H,11,17H2,1-2H3. The second-order valence-electron chi connectivity index (χ2n) is 4.47. The topological polar surface area (TPSA) is 56.8 Å². The second kappa shape index (κ2) is 6.61. The van der Waals surface area contributed by atoms with E-state index in [9.17, 15) is 0 Å². The van der Waals surface area contributed by atoms with Crippen molar-refractivity contribution in [3.8, 4) is 11.5 Å². The van der Waals surface area contributed by atoms with Crippen molar-refractivity contribution in [2.24, 2.45) is 10.9 Å². The van der Waals surface area contributed by atoms with Gasteiger partial charge in [-0.2, -0.15) is 5.10 Å². The SMILES string of the molecule is COc1cc(C=NN)ccc1OCc1cccc(C)c1. The van der Waals surface area contributed by atoms with E-state index in [1.165, 1.54) is 5.56 Å². The molecular formula is C16H18N2O2. The summed E-state index contributed by atoms with van der Waals surface area (Å²) in [5.41, 5.74) is 3.21. The minimum absolute atomic E-state index is 0.502. The Kier molecular flexibility index (Phi) is 4.60. The molecule has 0 saturated carbocycles. The highest BCUT2D eigenvalue weighted by atomic mass is 16.5. The van der Waals surface area contributed by atoms with Gasteiger partial charge in [0, 0.05) is 0 Å². The largest absolute Gasteiger partial charge is 0.493 e. The quantitative estimate of drug-likeness (QED) is 0.516. The Morgan fingerprint density at radius 1 is 1.15 bits per heavy atom. The molecular weight excluding hydrogens is 252 g/mol. The van der Waals surface area contributed by atoms with Gasteiger partial charge in [0.2, 0.25) is 0 Å². The molecule has 0 spiro atoms. The zero-order valence-corrected chi connectivity index (χ0v) is 11.7. The fourth-order valence-electron chi connectivity index (χ4n) is 1.93. The van der Waals surface area contributed by atoms with Gasteiger partial charge in [0.05, 0.1) is 13.3 Å². The number of ether oxygens (including phenoxy) is 2. The van der Waals surface area contributed by atoms with Crippen molar-refractivity contribution in [2.75, 3.05) is 7.11 Å². The molecule has 0 heterocycles. The summed E-state index contributed by atoms with van der Waals surface area (Å²) in [6, 6.07) is 13.8. The van der Waals surface area contributed by atoms with Gasteiger partial charge in [-0.1, -0.05) is 29.8 Å². The maximum atomic E-state index is 5.80. The van der Waals surface area contributed by atoms with Crippen molar-refractivity contribution in [2.45, 2.75) is 13.5 Å². The van der Waals surface area contributed by atoms with Crippen LogP contribution in [0.1, 0.15) is 16.7 Å². The summed E-state index contributed by atoms with van der Waals surface area (Å²) in [5.74, 6) is 6.50. The molecule has 0 saturated heterocycles. The van der Waals surface area contributed by atoms with E-state index in [2.05, 4.69) is 24.2 Å². The van der Waals surface area contributed by atoms with Crippen LogP contribution in [0.4, 0.5) is 0 Å². The third-order valence-electron chi connectivity index (χ3n) is 2.89. The normalized spacial score (nSPS) is 10.7. The summed E-state index contributed by atoms with van der Waals surface area (Å²) < 4.78 is 11.1. The summed E-state index contributed by atoms with van der Waals surface area (Å²) in [4.78, 5) is 0. The van der Waals surface area contributed by atoms with Crippen LogP contribution in [0.15, 0.2) is 47.6 Å². The van der Waals surface area contributed by atoms with Crippen molar-refractivity contribution < 1.29 is 9.47 Å². The fourth-order valence-corrected chi connectivity index (χ4v) is 1.93. The van der Waals surface area contributed by atoms with Gasteiger partial charge in [0.1, 0.15) is 6.61 Å². The maximum absolute atomic E-state index is 5.80. The molecule has 0 aliphatic carbocycles. The van der Waals surface area contributed by atoms with E-state index < -0.39 is 0 Å². The first kappa shape index (κ1) is 13.9. The highest BCUT2D eigenvalue weighted by Gasteiger charge is 2.05. The molecule has 0 aliphatic heterocycles. The van der Waals surface area contributed by atoms with Crippen LogP contribution in [0.3, 0.4) is 0 Å². The maximum Gasteiger partial charge on any atom is 0.161 e. The second-order valence-corrected chi connectivity index (χ2v) is 4.47. The number of nitrogens with zero attached hydrogens (tertiary/aromatic N) is 1. The van der Waals surface area contributed by atoms with E-state index in [0.29, 0.717) is 18.1 Å². The number of methoxy groups -OCH3 is 1. The van der Waals surface area contributed by atoms with Gasteiger partial charge in [-0.3, -0.25) is 0 Å². The summed E-state index contributed by atoms with van der Waals surface area (Å²) in [5, 5.41) is 3.49. The lowest BCUT2D eigenvalue weighted by atomic mass is 10.1. The zero-order valence-electron chi connectivity index (χ0n) is 11.7. The molecule has 0 radical (unpaired) electrons. The monoisotopic (exact) mass is 270 g/mol. The molecule has 0 aromatic heterocycles. The molecule has 20 heavy (non-hydrogen) atoms. The van der Waals surface area contributed by atoms with Crippen LogP contribution in [-0.2, 0) is 6.61 Å². The van der Waals surface area contributed by atoms with Gasteiger partial charge < -0.3 is 15.3 Å². The highest BCUT2D eigenvalue weighted by Crippen LogP contribution is 2.28. The van der Waals surface area contributed by atoms with Crippen molar-refractivity contribution in [1.29, 1.82) is 0 Å². The van der Waals surface area contributed by atoms with E-state index in [1.54, 1.807) is 13.3 Å². The van der Waals surface area contributed by atoms with Gasteiger partial charge in [0.15, 0.2) is 11.5 Å². The van der Waals surface area contributed by atoms with Gasteiger partial charge >= 0.3 is 0 Å². The van der Waals surface area contributed by atoms with Gasteiger partial charge in [-0.25, -0.2) is 0 Å². The molecule has 4 nitrogen and oxygen atoms in total. The molecule has 0 bridgehead atoms. The van der Waals surface area contributed by atoms with Crippen molar-refractivity contribution >= 4 is 6.21 Å². The number of nitrogens with two attached hydrogens (primary N) is 1. The van der Waals surface area contributed by atoms with E-state index in [4.69, 9.17) is 15.3 Å². The zero-order chi connectivity index (χ0) is 14.4. The van der Waals surface area contributed by atoms with Crippen molar-refractivity contribution in [3.05, 3.63) is 59.2 Å². The molecule has 2 aromatic carbocycles. The number of rotatable bonds is 5. The molecule has 2 aromatic rings. The third-order valence-corrected chi connectivity index (χ3v) is 2.89. The average Bonchev–Trinajstić information content (AvgIpc) is 2.46. The summed E-state index contributed by atoms with van der Waals surface area (Å²) in [6.07, 6.45) is 1.56. The predicted molar refractivity (Wildman–Crippen MR) is 80.3 cm³/mol. The van der Waals surface area contributed by atoms with Gasteiger partial charge in [-0.15, -0.1) is 0 Å². The molecule has 0 atom stereocenters. The lowest BCUT2D eigenvalue weighted by molar-refractivity contribution is 0.284. The number of hydrogen-bond donors (Lipinski definition) is 1. The number of hydrazone groups is 1. The molecule has 104 valence electrons. The molecule has 0 amide bonds. The lowest BCUT2D eigenvalue weighted by Gasteiger charge is -2.11. The van der Waals surface area contributed by atoms with Crippen molar-refractivity contribution in [3.63, 3.8) is 0 Å². The Balaban J connectivity index is 2.13. The van der Waals surface area contributed by atoms with Crippen LogP contribution in [0.2, 0.25) is 0 Å². The first-order valence-electron chi connectivity index (χ1n) is 6.32. The first-order valence-corrected chi connectivity index (χ1v) is 6.32. The molecule has 4 heteroatoms. The van der Waals surface area contributed by atoms with Crippen LogP contribution in [0.25, 0.3) is 0 Å². The van der Waals surface area contributed by atoms with E-state index in [-0.39, 0.29) is 0 Å². The Bertz CT molecular complexity index is 609. The summed E-state index contributed by atoms with van der Waals surface area (Å²) in [7, 11) is 1.61.